The number of aromatic nitrogens is 2. The third-order valence-corrected chi connectivity index (χ3v) is 5.20. The summed E-state index contributed by atoms with van der Waals surface area (Å²) in [5, 5.41) is 3.10. The molecule has 5 heteroatoms. The molecule has 18 heavy (non-hydrogen) atoms. The Labute approximate surface area is 115 Å². The third kappa shape index (κ3) is 2.30. The average molecular weight is 277 g/mol. The molecule has 2 aromatic heterocycles. The van der Waals surface area contributed by atoms with Gasteiger partial charge in [0.2, 0.25) is 0 Å². The standard InChI is InChI=1S/C13H15N3S2/c1-8-7-17-13(15-8)18-12-10(6-14)5-9-3-2-4-11(9)16-12/h5,7H,2-4,6,14H2,1H3. The first kappa shape index (κ1) is 12.1. The predicted molar refractivity (Wildman–Crippen MR) is 75.1 cm³/mol. The zero-order valence-electron chi connectivity index (χ0n) is 10.3. The maximum Gasteiger partial charge on any atom is 0.156 e. The van der Waals surface area contributed by atoms with E-state index in [1.165, 1.54) is 17.7 Å². The molecule has 2 heterocycles. The van der Waals surface area contributed by atoms with Crippen LogP contribution in [0.15, 0.2) is 20.8 Å². The molecular formula is C13H15N3S2. The van der Waals surface area contributed by atoms with E-state index in [1.54, 1.807) is 23.1 Å². The summed E-state index contributed by atoms with van der Waals surface area (Å²) in [5.74, 6) is 0. The first-order valence-corrected chi connectivity index (χ1v) is 7.77. The second-order valence-corrected chi connectivity index (χ2v) is 6.57. The van der Waals surface area contributed by atoms with Crippen LogP contribution in [0.3, 0.4) is 0 Å². The van der Waals surface area contributed by atoms with Crippen LogP contribution in [0.25, 0.3) is 0 Å². The summed E-state index contributed by atoms with van der Waals surface area (Å²) in [4.78, 5) is 9.25. The molecule has 2 aromatic rings. The molecule has 0 aromatic carbocycles. The van der Waals surface area contributed by atoms with Crippen LogP contribution >= 0.6 is 23.1 Å². The molecule has 3 nitrogen and oxygen atoms in total. The maximum absolute atomic E-state index is 5.83. The van der Waals surface area contributed by atoms with Gasteiger partial charge in [-0.15, -0.1) is 11.3 Å². The van der Waals surface area contributed by atoms with Crippen molar-refractivity contribution in [2.45, 2.75) is 42.1 Å². The van der Waals surface area contributed by atoms with E-state index < -0.39 is 0 Å². The summed E-state index contributed by atoms with van der Waals surface area (Å²) in [6.07, 6.45) is 3.47. The smallest absolute Gasteiger partial charge is 0.156 e. The van der Waals surface area contributed by atoms with Crippen LogP contribution < -0.4 is 5.73 Å². The number of pyridine rings is 1. The molecule has 0 bridgehead atoms. The van der Waals surface area contributed by atoms with E-state index in [2.05, 4.69) is 16.4 Å². The van der Waals surface area contributed by atoms with E-state index >= 15 is 0 Å². The highest BCUT2D eigenvalue weighted by atomic mass is 32.2. The highest BCUT2D eigenvalue weighted by Gasteiger charge is 2.17. The van der Waals surface area contributed by atoms with Crippen LogP contribution in [0.4, 0.5) is 0 Å². The van der Waals surface area contributed by atoms with Crippen LogP contribution in [0.5, 0.6) is 0 Å². The van der Waals surface area contributed by atoms with Gasteiger partial charge in [0.05, 0.1) is 0 Å². The maximum atomic E-state index is 5.83. The molecule has 2 N–H and O–H groups in total. The number of hydrogen-bond donors (Lipinski definition) is 1. The predicted octanol–water partition coefficient (Wildman–Crippen LogP) is 2.95. The quantitative estimate of drug-likeness (QED) is 0.937. The molecule has 0 unspecified atom stereocenters. The van der Waals surface area contributed by atoms with Crippen molar-refractivity contribution in [3.8, 4) is 0 Å². The number of nitrogens with zero attached hydrogens (tertiary/aromatic N) is 2. The van der Waals surface area contributed by atoms with E-state index in [0.717, 1.165) is 33.5 Å². The van der Waals surface area contributed by atoms with Crippen LogP contribution in [-0.4, -0.2) is 9.97 Å². The van der Waals surface area contributed by atoms with Crippen LogP contribution in [0.2, 0.25) is 0 Å². The lowest BCUT2D eigenvalue weighted by Gasteiger charge is -2.08. The molecule has 0 saturated heterocycles. The fourth-order valence-electron chi connectivity index (χ4n) is 2.20. The summed E-state index contributed by atoms with van der Waals surface area (Å²) in [7, 11) is 0. The number of thiazole rings is 1. The molecule has 0 amide bonds. The fraction of sp³-hybridized carbons (Fsp3) is 0.385. The Morgan fingerprint density at radius 2 is 2.28 bits per heavy atom. The molecule has 0 saturated carbocycles. The van der Waals surface area contributed by atoms with Crippen LogP contribution in [0, 0.1) is 6.92 Å². The number of hydrogen-bond acceptors (Lipinski definition) is 5. The molecule has 94 valence electrons. The molecule has 3 rings (SSSR count). The molecule has 0 aliphatic heterocycles. The zero-order chi connectivity index (χ0) is 12.5. The Hall–Kier alpha value is -0.910. The second-order valence-electron chi connectivity index (χ2n) is 4.47. The minimum Gasteiger partial charge on any atom is -0.326 e. The third-order valence-electron chi connectivity index (χ3n) is 3.09. The topological polar surface area (TPSA) is 51.8 Å². The van der Waals surface area contributed by atoms with Crippen molar-refractivity contribution in [1.29, 1.82) is 0 Å². The summed E-state index contributed by atoms with van der Waals surface area (Å²) in [6.45, 7) is 2.56. The summed E-state index contributed by atoms with van der Waals surface area (Å²) >= 11 is 3.31. The lowest BCUT2D eigenvalue weighted by Crippen LogP contribution is -2.03. The van der Waals surface area contributed by atoms with Crippen molar-refractivity contribution in [1.82, 2.24) is 9.97 Å². The van der Waals surface area contributed by atoms with Gasteiger partial charge < -0.3 is 5.73 Å². The monoisotopic (exact) mass is 277 g/mol. The highest BCUT2D eigenvalue weighted by Crippen LogP contribution is 2.33. The molecule has 0 atom stereocenters. The van der Waals surface area contributed by atoms with E-state index in [9.17, 15) is 0 Å². The minimum atomic E-state index is 0.549. The van der Waals surface area contributed by atoms with Gasteiger partial charge in [0.1, 0.15) is 5.03 Å². The highest BCUT2D eigenvalue weighted by molar-refractivity contribution is 8.01. The number of fused-ring (bicyclic) bond motifs is 1. The SMILES string of the molecule is Cc1csc(Sc2nc3c(cc2CN)CCC3)n1. The van der Waals surface area contributed by atoms with Gasteiger partial charge in [0.25, 0.3) is 0 Å². The number of rotatable bonds is 3. The Morgan fingerprint density at radius 1 is 1.39 bits per heavy atom. The lowest BCUT2D eigenvalue weighted by molar-refractivity contribution is 0.884. The van der Waals surface area contributed by atoms with Gasteiger partial charge in [-0.05, 0) is 49.1 Å². The molecule has 0 radical (unpaired) electrons. The van der Waals surface area contributed by atoms with Crippen molar-refractivity contribution in [2.24, 2.45) is 5.73 Å². The molecular weight excluding hydrogens is 262 g/mol. The van der Waals surface area contributed by atoms with Gasteiger partial charge in [0, 0.05) is 23.3 Å². The van der Waals surface area contributed by atoms with Crippen molar-refractivity contribution in [3.63, 3.8) is 0 Å². The molecule has 0 fully saturated rings. The van der Waals surface area contributed by atoms with Crippen LogP contribution in [-0.2, 0) is 19.4 Å². The molecule has 0 spiro atoms. The number of aryl methyl sites for hydroxylation is 3. The first-order chi connectivity index (χ1) is 8.76. The fourth-order valence-corrected chi connectivity index (χ4v) is 4.08. The largest absolute Gasteiger partial charge is 0.326 e. The Morgan fingerprint density at radius 3 is 3.00 bits per heavy atom. The van der Waals surface area contributed by atoms with Gasteiger partial charge in [-0.25, -0.2) is 9.97 Å². The number of nitrogens with two attached hydrogens (primary N) is 1. The van der Waals surface area contributed by atoms with E-state index in [4.69, 9.17) is 10.7 Å². The zero-order valence-corrected chi connectivity index (χ0v) is 11.9. The Bertz CT molecular complexity index is 578. The lowest BCUT2D eigenvalue weighted by atomic mass is 10.1. The van der Waals surface area contributed by atoms with E-state index in [1.807, 2.05) is 6.92 Å². The van der Waals surface area contributed by atoms with Gasteiger partial charge >= 0.3 is 0 Å². The summed E-state index contributed by atoms with van der Waals surface area (Å²) in [5.41, 5.74) is 10.7. The van der Waals surface area contributed by atoms with Crippen molar-refractivity contribution in [3.05, 3.63) is 34.0 Å². The Kier molecular flexibility index (Phi) is 3.37. The molecule has 1 aliphatic rings. The second kappa shape index (κ2) is 4.99. The van der Waals surface area contributed by atoms with Crippen molar-refractivity contribution in [2.75, 3.05) is 0 Å². The van der Waals surface area contributed by atoms with Gasteiger partial charge in [0.15, 0.2) is 4.34 Å². The van der Waals surface area contributed by atoms with Gasteiger partial charge in [-0.1, -0.05) is 6.07 Å². The van der Waals surface area contributed by atoms with Gasteiger partial charge in [-0.2, -0.15) is 0 Å². The van der Waals surface area contributed by atoms with Gasteiger partial charge in [-0.3, -0.25) is 0 Å². The Balaban J connectivity index is 1.95. The summed E-state index contributed by atoms with van der Waals surface area (Å²) < 4.78 is 1.05. The van der Waals surface area contributed by atoms with Crippen molar-refractivity contribution < 1.29 is 0 Å². The van der Waals surface area contributed by atoms with E-state index in [0.29, 0.717) is 6.54 Å². The van der Waals surface area contributed by atoms with Crippen LogP contribution in [0.1, 0.15) is 28.9 Å². The summed E-state index contributed by atoms with van der Waals surface area (Å²) in [6, 6.07) is 2.23. The molecule has 1 aliphatic carbocycles. The average Bonchev–Trinajstić information content (AvgIpc) is 2.97. The normalized spacial score (nSPS) is 13.9. The minimum absolute atomic E-state index is 0.549. The van der Waals surface area contributed by atoms with E-state index in [-0.39, 0.29) is 0 Å². The first-order valence-electron chi connectivity index (χ1n) is 6.08. The van der Waals surface area contributed by atoms with Crippen molar-refractivity contribution >= 4 is 23.1 Å².